The van der Waals surface area contributed by atoms with Crippen molar-refractivity contribution < 1.29 is 9.47 Å². The van der Waals surface area contributed by atoms with Crippen LogP contribution in [0.15, 0.2) is 101 Å². The smallest absolute Gasteiger partial charge is 0.261 e. The van der Waals surface area contributed by atoms with Crippen molar-refractivity contribution in [2.24, 2.45) is 0 Å². The molecule has 0 saturated heterocycles. The van der Waals surface area contributed by atoms with E-state index in [9.17, 15) is 4.79 Å². The second kappa shape index (κ2) is 11.7. The van der Waals surface area contributed by atoms with Crippen LogP contribution >= 0.6 is 11.3 Å². The van der Waals surface area contributed by atoms with Crippen molar-refractivity contribution >= 4 is 22.2 Å². The monoisotopic (exact) mass is 560 g/mol. The zero-order valence-electron chi connectivity index (χ0n) is 22.8. The number of nitrogens with zero attached hydrogens (tertiary/aromatic N) is 4. The minimum Gasteiger partial charge on any atom is -0.497 e. The molecule has 6 rings (SSSR count). The highest BCUT2D eigenvalue weighted by atomic mass is 32.1. The molecule has 0 aliphatic rings. The predicted molar refractivity (Wildman–Crippen MR) is 162 cm³/mol. The Hall–Kier alpha value is -4.82. The molecule has 0 bridgehead atoms. The maximum absolute atomic E-state index is 13.9. The van der Waals surface area contributed by atoms with Crippen LogP contribution in [0, 0.1) is 6.92 Å². The summed E-state index contributed by atoms with van der Waals surface area (Å²) in [6, 6.07) is 26.0. The van der Waals surface area contributed by atoms with Gasteiger partial charge in [0.05, 0.1) is 19.0 Å². The molecule has 3 aromatic carbocycles. The van der Waals surface area contributed by atoms with Gasteiger partial charge in [-0.2, -0.15) is 0 Å². The largest absolute Gasteiger partial charge is 0.497 e. The Bertz CT molecular complexity index is 1850. The molecule has 6 aromatic rings. The number of benzene rings is 3. The van der Waals surface area contributed by atoms with Gasteiger partial charge in [0.2, 0.25) is 0 Å². The normalized spacial score (nSPS) is 11.1. The van der Waals surface area contributed by atoms with Gasteiger partial charge in [-0.25, -0.2) is 9.97 Å². The molecule has 0 fully saturated rings. The summed E-state index contributed by atoms with van der Waals surface area (Å²) in [5.41, 5.74) is 5.43. The van der Waals surface area contributed by atoms with E-state index >= 15 is 0 Å². The third-order valence-corrected chi connectivity index (χ3v) is 7.79. The van der Waals surface area contributed by atoms with Gasteiger partial charge in [0.15, 0.2) is 5.82 Å². The zero-order chi connectivity index (χ0) is 28.2. The number of ether oxygens (including phenoxy) is 2. The van der Waals surface area contributed by atoms with Crippen LogP contribution in [0.2, 0.25) is 0 Å². The summed E-state index contributed by atoms with van der Waals surface area (Å²) in [5.74, 6) is 1.99. The molecule has 0 saturated carbocycles. The van der Waals surface area contributed by atoms with Gasteiger partial charge in [0.1, 0.15) is 34.3 Å². The molecule has 41 heavy (non-hydrogen) atoms. The fourth-order valence-corrected chi connectivity index (χ4v) is 5.42. The van der Waals surface area contributed by atoms with Gasteiger partial charge >= 0.3 is 0 Å². The number of aryl methyl sites for hydroxylation is 1. The first-order valence-electron chi connectivity index (χ1n) is 13.3. The van der Waals surface area contributed by atoms with Crippen LogP contribution in [0.5, 0.6) is 11.5 Å². The third kappa shape index (κ3) is 5.73. The third-order valence-electron chi connectivity index (χ3n) is 7.01. The molecule has 8 heteroatoms. The van der Waals surface area contributed by atoms with Gasteiger partial charge in [-0.05, 0) is 65.9 Å². The summed E-state index contributed by atoms with van der Waals surface area (Å²) in [5, 5.41) is 3.09. The molecule has 204 valence electrons. The molecule has 0 radical (unpaired) electrons. The molecular weight excluding hydrogens is 532 g/mol. The molecular formula is C33H28N4O3S. The molecule has 0 aliphatic carbocycles. The van der Waals surface area contributed by atoms with Crippen molar-refractivity contribution in [1.82, 2.24) is 19.5 Å². The summed E-state index contributed by atoms with van der Waals surface area (Å²) in [4.78, 5) is 27.8. The van der Waals surface area contributed by atoms with E-state index in [1.165, 1.54) is 22.5 Å². The number of methoxy groups -OCH3 is 1. The number of hydrogen-bond acceptors (Lipinski definition) is 7. The Labute approximate surface area is 241 Å². The molecule has 3 aromatic heterocycles. The standard InChI is InChI=1S/C33H28N4O3S/c1-22-18-27(39-2)13-10-25(22)20-37-29(21-40-26-11-8-24(9-12-26)19-23-6-4-3-5-7-23)36-30-28(33(37)38)14-15-34-31(30)32-35-16-17-41-32/h3-18H,19-21H2,1-2H3. The van der Waals surface area contributed by atoms with Crippen LogP contribution in [0.4, 0.5) is 0 Å². The van der Waals surface area contributed by atoms with Crippen LogP contribution in [0.25, 0.3) is 21.6 Å². The van der Waals surface area contributed by atoms with E-state index in [1.807, 2.05) is 60.8 Å². The van der Waals surface area contributed by atoms with Crippen molar-refractivity contribution in [3.63, 3.8) is 0 Å². The van der Waals surface area contributed by atoms with Gasteiger partial charge in [-0.1, -0.05) is 48.5 Å². The van der Waals surface area contributed by atoms with Crippen LogP contribution in [0.1, 0.15) is 28.1 Å². The van der Waals surface area contributed by atoms with E-state index in [0.29, 0.717) is 39.7 Å². The lowest BCUT2D eigenvalue weighted by atomic mass is 10.1. The average Bonchev–Trinajstić information content (AvgIpc) is 3.54. The highest BCUT2D eigenvalue weighted by Crippen LogP contribution is 2.26. The summed E-state index contributed by atoms with van der Waals surface area (Å²) < 4.78 is 13.3. The number of aromatic nitrogens is 4. The summed E-state index contributed by atoms with van der Waals surface area (Å²) in [6.07, 6.45) is 4.21. The Morgan fingerprint density at radius 1 is 0.878 bits per heavy atom. The van der Waals surface area contributed by atoms with E-state index in [2.05, 4.69) is 34.2 Å². The van der Waals surface area contributed by atoms with Gasteiger partial charge in [-0.15, -0.1) is 11.3 Å². The number of thiazole rings is 1. The maximum Gasteiger partial charge on any atom is 0.261 e. The number of rotatable bonds is 9. The highest BCUT2D eigenvalue weighted by Gasteiger charge is 2.18. The van der Waals surface area contributed by atoms with Crippen molar-refractivity contribution in [2.75, 3.05) is 7.11 Å². The molecule has 7 nitrogen and oxygen atoms in total. The SMILES string of the molecule is COc1ccc(Cn2c(COc3ccc(Cc4ccccc4)cc3)nc3c(-c4nccs4)nccc3c2=O)c(C)c1. The van der Waals surface area contributed by atoms with Gasteiger partial charge < -0.3 is 9.47 Å². The zero-order valence-corrected chi connectivity index (χ0v) is 23.6. The first-order chi connectivity index (χ1) is 20.1. The Balaban J connectivity index is 1.35. The predicted octanol–water partition coefficient (Wildman–Crippen LogP) is 6.45. The summed E-state index contributed by atoms with van der Waals surface area (Å²) in [7, 11) is 1.64. The van der Waals surface area contributed by atoms with Crippen LogP contribution in [-0.4, -0.2) is 26.6 Å². The molecule has 3 heterocycles. The lowest BCUT2D eigenvalue weighted by Gasteiger charge is -2.17. The van der Waals surface area contributed by atoms with Crippen molar-refractivity contribution in [3.05, 3.63) is 135 Å². The van der Waals surface area contributed by atoms with E-state index in [4.69, 9.17) is 14.5 Å². The number of hydrogen-bond donors (Lipinski definition) is 0. The van der Waals surface area contributed by atoms with Crippen molar-refractivity contribution in [3.8, 4) is 22.2 Å². The topological polar surface area (TPSA) is 79.1 Å². The van der Waals surface area contributed by atoms with Crippen LogP contribution < -0.4 is 15.0 Å². The van der Waals surface area contributed by atoms with Gasteiger partial charge in [0, 0.05) is 17.8 Å². The molecule has 0 spiro atoms. The fraction of sp³-hybridized carbons (Fsp3) is 0.152. The fourth-order valence-electron chi connectivity index (χ4n) is 4.79. The van der Waals surface area contributed by atoms with Crippen molar-refractivity contribution in [2.45, 2.75) is 26.5 Å². The second-order valence-corrected chi connectivity index (χ2v) is 10.6. The number of fused-ring (bicyclic) bond motifs is 1. The lowest BCUT2D eigenvalue weighted by Crippen LogP contribution is -2.27. The minimum absolute atomic E-state index is 0.116. The lowest BCUT2D eigenvalue weighted by molar-refractivity contribution is 0.288. The highest BCUT2D eigenvalue weighted by molar-refractivity contribution is 7.13. The van der Waals surface area contributed by atoms with Gasteiger partial charge in [0.25, 0.3) is 5.56 Å². The van der Waals surface area contributed by atoms with Crippen LogP contribution in [-0.2, 0) is 19.6 Å². The van der Waals surface area contributed by atoms with E-state index in [1.54, 1.807) is 30.1 Å². The van der Waals surface area contributed by atoms with E-state index in [-0.39, 0.29) is 12.2 Å². The molecule has 0 amide bonds. The Morgan fingerprint density at radius 3 is 2.39 bits per heavy atom. The molecule has 0 aliphatic heterocycles. The average molecular weight is 561 g/mol. The maximum atomic E-state index is 13.9. The Kier molecular flexibility index (Phi) is 7.56. The Morgan fingerprint density at radius 2 is 1.66 bits per heavy atom. The first kappa shape index (κ1) is 26.4. The molecule has 0 N–H and O–H groups in total. The van der Waals surface area contributed by atoms with Gasteiger partial charge in [-0.3, -0.25) is 14.3 Å². The molecule has 0 atom stereocenters. The summed E-state index contributed by atoms with van der Waals surface area (Å²) >= 11 is 1.46. The summed E-state index contributed by atoms with van der Waals surface area (Å²) in [6.45, 7) is 2.47. The van der Waals surface area contributed by atoms with E-state index < -0.39 is 0 Å². The quantitative estimate of drug-likeness (QED) is 0.202. The number of pyridine rings is 1. The van der Waals surface area contributed by atoms with Crippen molar-refractivity contribution in [1.29, 1.82) is 0 Å². The van der Waals surface area contributed by atoms with Crippen LogP contribution in [0.3, 0.4) is 0 Å². The second-order valence-electron chi connectivity index (χ2n) is 9.70. The minimum atomic E-state index is -0.151. The molecule has 0 unspecified atom stereocenters. The van der Waals surface area contributed by atoms with E-state index in [0.717, 1.165) is 23.3 Å². The first-order valence-corrected chi connectivity index (χ1v) is 14.1.